The Labute approximate surface area is 119 Å². The van der Waals surface area contributed by atoms with Gasteiger partial charge < -0.3 is 10.4 Å². The fraction of sp³-hybridized carbons (Fsp3) is 0.500. The van der Waals surface area contributed by atoms with E-state index in [4.69, 9.17) is 11.6 Å². The zero-order valence-corrected chi connectivity index (χ0v) is 12.4. The second-order valence-electron chi connectivity index (χ2n) is 4.64. The summed E-state index contributed by atoms with van der Waals surface area (Å²) >= 11 is 5.81. The number of likely N-dealkylation sites (N-methyl/N-ethyl adjacent to an activating group) is 1. The van der Waals surface area contributed by atoms with Gasteiger partial charge in [-0.05, 0) is 38.6 Å². The Morgan fingerprint density at radius 1 is 1.47 bits per heavy atom. The Hall–Kier alpha value is -1.26. The minimum Gasteiger partial charge on any atom is -0.507 e. The van der Waals surface area contributed by atoms with Crippen molar-refractivity contribution in [3.63, 3.8) is 0 Å². The lowest BCUT2D eigenvalue weighted by Gasteiger charge is -2.24. The molecule has 0 fully saturated rings. The average Bonchev–Trinajstić information content (AvgIpc) is 2.36. The summed E-state index contributed by atoms with van der Waals surface area (Å²) in [6, 6.07) is 4.88. The van der Waals surface area contributed by atoms with E-state index in [-0.39, 0.29) is 17.2 Å². The second kappa shape index (κ2) is 7.36. The number of amides is 1. The van der Waals surface area contributed by atoms with Gasteiger partial charge in [0.25, 0.3) is 5.91 Å². The number of benzene rings is 1. The van der Waals surface area contributed by atoms with Crippen LogP contribution in [0.3, 0.4) is 0 Å². The molecular weight excluding hydrogens is 264 g/mol. The van der Waals surface area contributed by atoms with Gasteiger partial charge >= 0.3 is 0 Å². The highest BCUT2D eigenvalue weighted by Gasteiger charge is 2.12. The fourth-order valence-corrected chi connectivity index (χ4v) is 2.05. The van der Waals surface area contributed by atoms with Crippen LogP contribution in [0.15, 0.2) is 18.2 Å². The number of nitrogens with one attached hydrogen (secondary N) is 1. The standard InChI is InChI=1S/C14H21ClN2O2/c1-4-17(10(2)3)8-7-16-14(19)12-9-11(15)5-6-13(12)18/h5-6,9-10,18H,4,7-8H2,1-3H3,(H,16,19). The summed E-state index contributed by atoms with van der Waals surface area (Å²) in [6.07, 6.45) is 0. The molecule has 0 aliphatic rings. The summed E-state index contributed by atoms with van der Waals surface area (Å²) in [5.74, 6) is -0.363. The van der Waals surface area contributed by atoms with E-state index in [0.29, 0.717) is 17.6 Å². The van der Waals surface area contributed by atoms with Crippen molar-refractivity contribution in [2.45, 2.75) is 26.8 Å². The van der Waals surface area contributed by atoms with Gasteiger partial charge in [0.15, 0.2) is 0 Å². The Morgan fingerprint density at radius 3 is 2.74 bits per heavy atom. The maximum atomic E-state index is 11.9. The third-order valence-corrected chi connectivity index (χ3v) is 3.26. The summed E-state index contributed by atoms with van der Waals surface area (Å²) in [7, 11) is 0. The van der Waals surface area contributed by atoms with Crippen LogP contribution < -0.4 is 5.32 Å². The number of halogens is 1. The fourth-order valence-electron chi connectivity index (χ4n) is 1.88. The summed E-state index contributed by atoms with van der Waals surface area (Å²) in [5.41, 5.74) is 0.208. The Bertz CT molecular complexity index is 435. The number of phenols is 1. The largest absolute Gasteiger partial charge is 0.507 e. The van der Waals surface area contributed by atoms with Crippen LogP contribution in [0, 0.1) is 0 Å². The highest BCUT2D eigenvalue weighted by molar-refractivity contribution is 6.31. The lowest BCUT2D eigenvalue weighted by Crippen LogP contribution is -2.38. The molecule has 1 aromatic carbocycles. The minimum atomic E-state index is -0.306. The molecule has 19 heavy (non-hydrogen) atoms. The van der Waals surface area contributed by atoms with Gasteiger partial charge in [0.1, 0.15) is 5.75 Å². The number of hydrogen-bond acceptors (Lipinski definition) is 3. The highest BCUT2D eigenvalue weighted by atomic mass is 35.5. The second-order valence-corrected chi connectivity index (χ2v) is 5.08. The van der Waals surface area contributed by atoms with Crippen LogP contribution >= 0.6 is 11.6 Å². The lowest BCUT2D eigenvalue weighted by atomic mass is 10.2. The zero-order chi connectivity index (χ0) is 14.4. The van der Waals surface area contributed by atoms with Gasteiger partial charge in [0.05, 0.1) is 5.56 Å². The van der Waals surface area contributed by atoms with Crippen molar-refractivity contribution in [2.75, 3.05) is 19.6 Å². The molecule has 0 bridgehead atoms. The number of carbonyl (C=O) groups is 1. The van der Waals surface area contributed by atoms with E-state index in [1.165, 1.54) is 12.1 Å². The number of aromatic hydroxyl groups is 1. The predicted octanol–water partition coefficient (Wildman–Crippen LogP) is 2.51. The third-order valence-electron chi connectivity index (χ3n) is 3.02. The topological polar surface area (TPSA) is 52.6 Å². The molecule has 0 aliphatic heterocycles. The van der Waals surface area contributed by atoms with Crippen molar-refractivity contribution in [3.8, 4) is 5.75 Å². The molecule has 106 valence electrons. The summed E-state index contributed by atoms with van der Waals surface area (Å²) < 4.78 is 0. The van der Waals surface area contributed by atoms with E-state index in [2.05, 4.69) is 31.0 Å². The maximum Gasteiger partial charge on any atom is 0.255 e. The molecule has 0 unspecified atom stereocenters. The molecule has 0 saturated carbocycles. The van der Waals surface area contributed by atoms with Crippen molar-refractivity contribution < 1.29 is 9.90 Å². The molecule has 0 aliphatic carbocycles. The molecule has 0 heterocycles. The molecule has 4 nitrogen and oxygen atoms in total. The summed E-state index contributed by atoms with van der Waals surface area (Å²) in [4.78, 5) is 14.2. The Balaban J connectivity index is 2.54. The van der Waals surface area contributed by atoms with Crippen molar-refractivity contribution in [3.05, 3.63) is 28.8 Å². The Morgan fingerprint density at radius 2 is 2.16 bits per heavy atom. The maximum absolute atomic E-state index is 11.9. The zero-order valence-electron chi connectivity index (χ0n) is 11.6. The number of nitrogens with zero attached hydrogens (tertiary/aromatic N) is 1. The van der Waals surface area contributed by atoms with Gasteiger partial charge in [0.2, 0.25) is 0 Å². The van der Waals surface area contributed by atoms with E-state index in [1.54, 1.807) is 6.07 Å². The third kappa shape index (κ3) is 4.73. The highest BCUT2D eigenvalue weighted by Crippen LogP contribution is 2.21. The smallest absolute Gasteiger partial charge is 0.255 e. The summed E-state index contributed by atoms with van der Waals surface area (Å²) in [6.45, 7) is 8.58. The van der Waals surface area contributed by atoms with E-state index in [0.717, 1.165) is 13.1 Å². The van der Waals surface area contributed by atoms with E-state index >= 15 is 0 Å². The first-order valence-corrected chi connectivity index (χ1v) is 6.84. The molecule has 0 radical (unpaired) electrons. The molecule has 0 atom stereocenters. The molecule has 5 heteroatoms. The van der Waals surface area contributed by atoms with Crippen LogP contribution in [0.25, 0.3) is 0 Å². The van der Waals surface area contributed by atoms with Crippen molar-refractivity contribution in [1.29, 1.82) is 0 Å². The van der Waals surface area contributed by atoms with Gasteiger partial charge in [-0.15, -0.1) is 0 Å². The van der Waals surface area contributed by atoms with Crippen LogP contribution in [-0.4, -0.2) is 41.6 Å². The molecule has 1 amide bonds. The molecule has 0 spiro atoms. The van der Waals surface area contributed by atoms with Crippen LogP contribution in [0.1, 0.15) is 31.1 Å². The van der Waals surface area contributed by atoms with Crippen molar-refractivity contribution >= 4 is 17.5 Å². The molecule has 2 N–H and O–H groups in total. The van der Waals surface area contributed by atoms with Gasteiger partial charge in [-0.1, -0.05) is 18.5 Å². The first-order valence-electron chi connectivity index (χ1n) is 6.46. The normalized spacial score (nSPS) is 11.1. The van der Waals surface area contributed by atoms with E-state index in [9.17, 15) is 9.90 Å². The number of rotatable bonds is 6. The average molecular weight is 285 g/mol. The summed E-state index contributed by atoms with van der Waals surface area (Å²) in [5, 5.41) is 12.8. The lowest BCUT2D eigenvalue weighted by molar-refractivity contribution is 0.0943. The first kappa shape index (κ1) is 15.8. The monoisotopic (exact) mass is 284 g/mol. The van der Waals surface area contributed by atoms with Gasteiger partial charge in [0, 0.05) is 24.2 Å². The number of hydrogen-bond donors (Lipinski definition) is 2. The first-order chi connectivity index (χ1) is 8.95. The molecule has 0 aromatic heterocycles. The molecule has 1 aromatic rings. The van der Waals surface area contributed by atoms with Crippen LogP contribution in [0.5, 0.6) is 5.75 Å². The van der Waals surface area contributed by atoms with Crippen LogP contribution in [-0.2, 0) is 0 Å². The number of phenolic OH excluding ortho intramolecular Hbond substituents is 1. The van der Waals surface area contributed by atoms with Crippen LogP contribution in [0.4, 0.5) is 0 Å². The van der Waals surface area contributed by atoms with Crippen molar-refractivity contribution in [1.82, 2.24) is 10.2 Å². The van der Waals surface area contributed by atoms with E-state index < -0.39 is 0 Å². The predicted molar refractivity (Wildman–Crippen MR) is 77.8 cm³/mol. The SMILES string of the molecule is CCN(CCNC(=O)c1cc(Cl)ccc1O)C(C)C. The van der Waals surface area contributed by atoms with Gasteiger partial charge in [-0.25, -0.2) is 0 Å². The Kier molecular flexibility index (Phi) is 6.12. The van der Waals surface area contributed by atoms with Gasteiger partial charge in [-0.2, -0.15) is 0 Å². The molecular formula is C14H21ClN2O2. The van der Waals surface area contributed by atoms with E-state index in [1.807, 2.05) is 0 Å². The molecule has 0 saturated heterocycles. The minimum absolute atomic E-state index is 0.0573. The van der Waals surface area contributed by atoms with Gasteiger partial charge in [-0.3, -0.25) is 9.69 Å². The quantitative estimate of drug-likeness (QED) is 0.844. The van der Waals surface area contributed by atoms with Crippen LogP contribution in [0.2, 0.25) is 5.02 Å². The van der Waals surface area contributed by atoms with Crippen molar-refractivity contribution in [2.24, 2.45) is 0 Å². The molecule has 1 rings (SSSR count). The number of carbonyl (C=O) groups excluding carboxylic acids is 1.